The van der Waals surface area contributed by atoms with Crippen molar-refractivity contribution in [3.8, 4) is 22.9 Å². The van der Waals surface area contributed by atoms with Gasteiger partial charge in [0, 0.05) is 23.2 Å². The largest absolute Gasteiger partial charge is 0.503 e. The molecule has 0 radical (unpaired) electrons. The first-order valence-electron chi connectivity index (χ1n) is 6.30. The Hall–Kier alpha value is -1.82. The van der Waals surface area contributed by atoms with Crippen LogP contribution in [-0.2, 0) is 0 Å². The summed E-state index contributed by atoms with van der Waals surface area (Å²) in [4.78, 5) is 8.83. The highest BCUT2D eigenvalue weighted by Crippen LogP contribution is 2.41. The highest BCUT2D eigenvalue weighted by Gasteiger charge is 2.26. The van der Waals surface area contributed by atoms with Gasteiger partial charge in [-0.1, -0.05) is 0 Å². The number of benzene rings is 1. The number of hydrogen-bond donors (Lipinski definition) is 2. The van der Waals surface area contributed by atoms with Gasteiger partial charge < -0.3 is 15.6 Å². The summed E-state index contributed by atoms with van der Waals surface area (Å²) in [7, 11) is 1.50. The third-order valence-corrected chi connectivity index (χ3v) is 3.87. The lowest BCUT2D eigenvalue weighted by Crippen LogP contribution is -2.00. The van der Waals surface area contributed by atoms with E-state index in [1.165, 1.54) is 7.11 Å². The van der Waals surface area contributed by atoms with Crippen LogP contribution in [0.25, 0.3) is 11.4 Å². The number of phenols is 1. The van der Waals surface area contributed by atoms with E-state index < -0.39 is 0 Å². The third-order valence-electron chi connectivity index (χ3n) is 3.27. The topological polar surface area (TPSA) is 81.3 Å². The molecule has 1 heterocycles. The molecule has 1 aliphatic carbocycles. The van der Waals surface area contributed by atoms with Gasteiger partial charge in [0.1, 0.15) is 5.82 Å². The maximum absolute atomic E-state index is 9.84. The van der Waals surface area contributed by atoms with Crippen LogP contribution in [0.2, 0.25) is 0 Å². The van der Waals surface area contributed by atoms with Crippen LogP contribution >= 0.6 is 15.9 Å². The first kappa shape index (κ1) is 13.2. The molecule has 1 aliphatic rings. The van der Waals surface area contributed by atoms with Crippen molar-refractivity contribution >= 4 is 21.7 Å². The van der Waals surface area contributed by atoms with Crippen LogP contribution in [0.15, 0.2) is 22.7 Å². The van der Waals surface area contributed by atoms with Gasteiger partial charge in [0.15, 0.2) is 17.3 Å². The molecule has 0 unspecified atom stereocenters. The highest BCUT2D eigenvalue weighted by molar-refractivity contribution is 9.10. The lowest BCUT2D eigenvalue weighted by Gasteiger charge is -2.09. The fraction of sp³-hybridized carbons (Fsp3) is 0.286. The second-order valence-corrected chi connectivity index (χ2v) is 5.68. The number of anilines is 1. The van der Waals surface area contributed by atoms with E-state index in [1.54, 1.807) is 12.1 Å². The van der Waals surface area contributed by atoms with Crippen LogP contribution in [0.1, 0.15) is 24.5 Å². The van der Waals surface area contributed by atoms with Gasteiger partial charge in [-0.15, -0.1) is 0 Å². The number of methoxy groups -OCH3 is 1. The van der Waals surface area contributed by atoms with E-state index in [4.69, 9.17) is 10.5 Å². The molecule has 3 N–H and O–H groups in total. The van der Waals surface area contributed by atoms with Crippen molar-refractivity contribution in [2.24, 2.45) is 0 Å². The van der Waals surface area contributed by atoms with E-state index in [0.717, 1.165) is 24.1 Å². The Morgan fingerprint density at radius 1 is 1.30 bits per heavy atom. The van der Waals surface area contributed by atoms with Crippen LogP contribution in [0.3, 0.4) is 0 Å². The van der Waals surface area contributed by atoms with E-state index in [1.807, 2.05) is 6.07 Å². The van der Waals surface area contributed by atoms with Crippen molar-refractivity contribution in [3.63, 3.8) is 0 Å². The Labute approximate surface area is 124 Å². The number of hydrogen-bond acceptors (Lipinski definition) is 5. The predicted octanol–water partition coefficient (Wildman–Crippen LogP) is 3.08. The average molecular weight is 336 g/mol. The number of rotatable bonds is 3. The van der Waals surface area contributed by atoms with Crippen molar-refractivity contribution in [1.82, 2.24) is 9.97 Å². The number of halogens is 1. The molecule has 0 atom stereocenters. The van der Waals surface area contributed by atoms with Gasteiger partial charge in [-0.25, -0.2) is 9.97 Å². The smallest absolute Gasteiger partial charge is 0.172 e. The molecule has 6 heteroatoms. The summed E-state index contributed by atoms with van der Waals surface area (Å²) in [5.74, 6) is 1.93. The second-order valence-electron chi connectivity index (χ2n) is 4.82. The van der Waals surface area contributed by atoms with E-state index >= 15 is 0 Å². The number of phenolic OH excluding ortho intramolecular Hbond substituents is 1. The van der Waals surface area contributed by atoms with E-state index in [-0.39, 0.29) is 5.75 Å². The zero-order valence-corrected chi connectivity index (χ0v) is 12.5. The van der Waals surface area contributed by atoms with Gasteiger partial charge in [-0.2, -0.15) is 0 Å². The molecular formula is C14H14BrN3O2. The van der Waals surface area contributed by atoms with Crippen molar-refractivity contribution in [1.29, 1.82) is 0 Å². The lowest BCUT2D eigenvalue weighted by molar-refractivity contribution is 0.372. The lowest BCUT2D eigenvalue weighted by atomic mass is 10.1. The fourth-order valence-electron chi connectivity index (χ4n) is 2.06. The van der Waals surface area contributed by atoms with Gasteiger partial charge >= 0.3 is 0 Å². The minimum atomic E-state index is 0.0579. The SMILES string of the molecule is COc1cc(-c2nc(N)cc(C3CC3)n2)cc(Br)c1O. The predicted molar refractivity (Wildman–Crippen MR) is 79.8 cm³/mol. The summed E-state index contributed by atoms with van der Waals surface area (Å²) >= 11 is 3.30. The Balaban J connectivity index is 2.10. The third kappa shape index (κ3) is 2.43. The first-order valence-corrected chi connectivity index (χ1v) is 7.09. The van der Waals surface area contributed by atoms with Gasteiger partial charge in [0.25, 0.3) is 0 Å². The molecule has 5 nitrogen and oxygen atoms in total. The number of aromatic nitrogens is 2. The van der Waals surface area contributed by atoms with Crippen LogP contribution in [0.4, 0.5) is 5.82 Å². The van der Waals surface area contributed by atoms with Gasteiger partial charge in [0.05, 0.1) is 11.6 Å². The molecule has 0 amide bonds. The maximum atomic E-state index is 9.84. The molecule has 0 bridgehead atoms. The maximum Gasteiger partial charge on any atom is 0.172 e. The highest BCUT2D eigenvalue weighted by atomic mass is 79.9. The van der Waals surface area contributed by atoms with Crippen LogP contribution in [0.5, 0.6) is 11.5 Å². The molecule has 2 aromatic rings. The number of aromatic hydroxyl groups is 1. The minimum Gasteiger partial charge on any atom is -0.503 e. The molecule has 0 spiro atoms. The summed E-state index contributed by atoms with van der Waals surface area (Å²) in [5.41, 5.74) is 7.59. The zero-order chi connectivity index (χ0) is 14.3. The molecule has 1 fully saturated rings. The van der Waals surface area contributed by atoms with E-state index in [2.05, 4.69) is 25.9 Å². The second kappa shape index (κ2) is 4.94. The normalized spacial score (nSPS) is 14.3. The van der Waals surface area contributed by atoms with E-state index in [0.29, 0.717) is 27.8 Å². The molecular weight excluding hydrogens is 322 g/mol. The Bertz CT molecular complexity index is 672. The van der Waals surface area contributed by atoms with Crippen molar-refractivity contribution in [3.05, 3.63) is 28.4 Å². The van der Waals surface area contributed by atoms with Gasteiger partial charge in [0.2, 0.25) is 0 Å². The van der Waals surface area contributed by atoms with Crippen LogP contribution in [0, 0.1) is 0 Å². The van der Waals surface area contributed by atoms with Gasteiger partial charge in [-0.3, -0.25) is 0 Å². The average Bonchev–Trinajstić information content (AvgIpc) is 3.25. The van der Waals surface area contributed by atoms with Crippen LogP contribution < -0.4 is 10.5 Å². The summed E-state index contributed by atoms with van der Waals surface area (Å²) in [5, 5.41) is 9.84. The molecule has 1 aromatic carbocycles. The molecule has 1 saturated carbocycles. The first-order chi connectivity index (χ1) is 9.58. The van der Waals surface area contributed by atoms with Crippen molar-refractivity contribution in [2.45, 2.75) is 18.8 Å². The Kier molecular flexibility index (Phi) is 3.25. The van der Waals surface area contributed by atoms with Crippen molar-refractivity contribution < 1.29 is 9.84 Å². The number of ether oxygens (including phenoxy) is 1. The summed E-state index contributed by atoms with van der Waals surface area (Å²) in [6.07, 6.45) is 2.30. The van der Waals surface area contributed by atoms with E-state index in [9.17, 15) is 5.11 Å². The van der Waals surface area contributed by atoms with Crippen LogP contribution in [-0.4, -0.2) is 22.2 Å². The minimum absolute atomic E-state index is 0.0579. The summed E-state index contributed by atoms with van der Waals surface area (Å²) in [6, 6.07) is 5.28. The summed E-state index contributed by atoms with van der Waals surface area (Å²) < 4.78 is 5.67. The summed E-state index contributed by atoms with van der Waals surface area (Å²) in [6.45, 7) is 0. The van der Waals surface area contributed by atoms with Gasteiger partial charge in [-0.05, 0) is 40.9 Å². The number of nitrogens with two attached hydrogens (primary N) is 1. The monoisotopic (exact) mass is 335 g/mol. The quantitative estimate of drug-likeness (QED) is 0.900. The molecule has 20 heavy (non-hydrogen) atoms. The fourth-order valence-corrected chi connectivity index (χ4v) is 2.50. The standard InChI is InChI=1S/C14H14BrN3O2/c1-20-11-5-8(4-9(15)13(11)19)14-17-10(7-2-3-7)6-12(16)18-14/h4-7,19H,2-3H2,1H3,(H2,16,17,18). The molecule has 104 valence electrons. The number of nitrogens with zero attached hydrogens (tertiary/aromatic N) is 2. The molecule has 0 saturated heterocycles. The molecule has 3 rings (SSSR count). The zero-order valence-electron chi connectivity index (χ0n) is 10.9. The molecule has 0 aliphatic heterocycles. The Morgan fingerprint density at radius 2 is 2.05 bits per heavy atom. The number of nitrogen functional groups attached to an aromatic ring is 1. The molecule has 1 aromatic heterocycles. The van der Waals surface area contributed by atoms with Crippen molar-refractivity contribution in [2.75, 3.05) is 12.8 Å². The Morgan fingerprint density at radius 3 is 2.70 bits per heavy atom.